The molecule has 0 bridgehead atoms. The summed E-state index contributed by atoms with van der Waals surface area (Å²) >= 11 is 7.56. The normalized spacial score (nSPS) is 10.8. The van der Waals surface area contributed by atoms with Crippen molar-refractivity contribution in [1.29, 1.82) is 0 Å². The average Bonchev–Trinajstić information content (AvgIpc) is 2.85. The van der Waals surface area contributed by atoms with Crippen LogP contribution in [0.15, 0.2) is 35.4 Å². The molecule has 0 fully saturated rings. The van der Waals surface area contributed by atoms with Crippen LogP contribution in [0.2, 0.25) is 5.02 Å². The summed E-state index contributed by atoms with van der Waals surface area (Å²) in [5, 5.41) is 4.50. The highest BCUT2D eigenvalue weighted by Gasteiger charge is 2.17. The number of hydrogen-bond donors (Lipinski definition) is 0. The predicted molar refractivity (Wildman–Crippen MR) is 85.3 cm³/mol. The van der Waals surface area contributed by atoms with E-state index >= 15 is 0 Å². The minimum Gasteiger partial charge on any atom is -0.383 e. The highest BCUT2D eigenvalue weighted by Crippen LogP contribution is 2.22. The number of aromatic nitrogens is 2. The first-order valence-corrected chi connectivity index (χ1v) is 7.91. The molecular weight excluding hydrogens is 308 g/mol. The summed E-state index contributed by atoms with van der Waals surface area (Å²) in [4.78, 5) is 13.4. The minimum absolute atomic E-state index is 0.0285. The van der Waals surface area contributed by atoms with Gasteiger partial charge in [-0.15, -0.1) is 11.8 Å². The van der Waals surface area contributed by atoms with Gasteiger partial charge in [0.15, 0.2) is 5.78 Å². The number of ether oxygens (including phenoxy) is 1. The van der Waals surface area contributed by atoms with E-state index in [-0.39, 0.29) is 5.78 Å². The van der Waals surface area contributed by atoms with Crippen LogP contribution in [0.1, 0.15) is 16.1 Å². The van der Waals surface area contributed by atoms with Gasteiger partial charge in [0, 0.05) is 12.0 Å². The second-order valence-electron chi connectivity index (χ2n) is 4.58. The maximum absolute atomic E-state index is 12.3. The van der Waals surface area contributed by atoms with Crippen molar-refractivity contribution in [3.63, 3.8) is 0 Å². The fourth-order valence-electron chi connectivity index (χ4n) is 1.84. The molecule has 1 heterocycles. The van der Waals surface area contributed by atoms with Crippen LogP contribution in [-0.4, -0.2) is 35.0 Å². The van der Waals surface area contributed by atoms with Gasteiger partial charge in [-0.05, 0) is 19.1 Å². The average molecular weight is 325 g/mol. The lowest BCUT2D eigenvalue weighted by atomic mass is 10.2. The van der Waals surface area contributed by atoms with Crippen molar-refractivity contribution in [3.05, 3.63) is 46.7 Å². The van der Waals surface area contributed by atoms with Gasteiger partial charge in [0.25, 0.3) is 0 Å². The third-order valence-electron chi connectivity index (χ3n) is 2.96. The van der Waals surface area contributed by atoms with Gasteiger partial charge in [-0.2, -0.15) is 5.10 Å². The van der Waals surface area contributed by atoms with Gasteiger partial charge in [0.1, 0.15) is 5.69 Å². The molecule has 6 heteroatoms. The number of carbonyl (C=O) groups is 1. The molecule has 21 heavy (non-hydrogen) atoms. The molecule has 0 spiro atoms. The summed E-state index contributed by atoms with van der Waals surface area (Å²) in [6.07, 6.45) is 1.50. The Labute approximate surface area is 133 Å². The number of benzene rings is 1. The zero-order valence-electron chi connectivity index (χ0n) is 12.0. The number of nitrogens with zero attached hydrogens (tertiary/aromatic N) is 2. The molecule has 0 aliphatic carbocycles. The smallest absolute Gasteiger partial charge is 0.192 e. The van der Waals surface area contributed by atoms with Gasteiger partial charge in [-0.1, -0.05) is 29.3 Å². The van der Waals surface area contributed by atoms with Crippen LogP contribution >= 0.6 is 23.4 Å². The van der Waals surface area contributed by atoms with E-state index in [1.807, 2.05) is 31.2 Å². The lowest BCUT2D eigenvalue weighted by molar-refractivity contribution is 0.100. The van der Waals surface area contributed by atoms with Crippen molar-refractivity contribution in [3.8, 4) is 0 Å². The molecule has 0 saturated heterocycles. The summed E-state index contributed by atoms with van der Waals surface area (Å²) < 4.78 is 6.61. The third-order valence-corrected chi connectivity index (χ3v) is 4.25. The van der Waals surface area contributed by atoms with Crippen LogP contribution < -0.4 is 0 Å². The number of carbonyl (C=O) groups excluding carboxylic acids is 1. The molecule has 0 aliphatic heterocycles. The van der Waals surface area contributed by atoms with Gasteiger partial charge in [0.2, 0.25) is 0 Å². The zero-order valence-corrected chi connectivity index (χ0v) is 13.6. The van der Waals surface area contributed by atoms with E-state index in [4.69, 9.17) is 16.3 Å². The second-order valence-corrected chi connectivity index (χ2v) is 6.04. The van der Waals surface area contributed by atoms with E-state index in [1.54, 1.807) is 11.8 Å². The lowest BCUT2D eigenvalue weighted by Crippen LogP contribution is -2.15. The number of hydrogen-bond acceptors (Lipinski definition) is 4. The van der Waals surface area contributed by atoms with E-state index < -0.39 is 0 Å². The first-order valence-electron chi connectivity index (χ1n) is 6.54. The topological polar surface area (TPSA) is 44.1 Å². The largest absolute Gasteiger partial charge is 0.383 e. The van der Waals surface area contributed by atoms with Crippen molar-refractivity contribution in [1.82, 2.24) is 9.78 Å². The number of methoxy groups -OCH3 is 1. The van der Waals surface area contributed by atoms with Gasteiger partial charge in [-0.25, -0.2) is 0 Å². The highest BCUT2D eigenvalue weighted by atomic mass is 35.5. The Hall–Kier alpha value is -1.30. The molecule has 0 atom stereocenters. The third kappa shape index (κ3) is 4.33. The van der Waals surface area contributed by atoms with Crippen LogP contribution in [0.5, 0.6) is 0 Å². The van der Waals surface area contributed by atoms with Crippen LogP contribution in [0, 0.1) is 6.92 Å². The number of halogens is 1. The number of aryl methyl sites for hydroxylation is 1. The molecule has 0 amide bonds. The Morgan fingerprint density at radius 2 is 2.10 bits per heavy atom. The van der Waals surface area contributed by atoms with Crippen molar-refractivity contribution >= 4 is 29.1 Å². The Kier molecular flexibility index (Phi) is 5.85. The number of thioether (sulfide) groups is 1. The molecule has 1 aromatic heterocycles. The molecule has 4 nitrogen and oxygen atoms in total. The van der Waals surface area contributed by atoms with Crippen LogP contribution in [0.25, 0.3) is 0 Å². The standard InChI is InChI=1S/C15H17ClN2O2S/c1-11-3-5-12(6-4-11)21-10-14(19)15-13(16)9-17-18(15)7-8-20-2/h3-6,9H,7-8,10H2,1-2H3. The van der Waals surface area contributed by atoms with Gasteiger partial charge in [0.05, 0.1) is 30.1 Å². The summed E-state index contributed by atoms with van der Waals surface area (Å²) in [7, 11) is 1.61. The Morgan fingerprint density at radius 3 is 2.76 bits per heavy atom. The molecule has 112 valence electrons. The maximum atomic E-state index is 12.3. The fourth-order valence-corrected chi connectivity index (χ4v) is 2.85. The predicted octanol–water partition coefficient (Wildman–Crippen LogP) is 3.47. The van der Waals surface area contributed by atoms with Crippen LogP contribution in [0.4, 0.5) is 0 Å². The highest BCUT2D eigenvalue weighted by molar-refractivity contribution is 8.00. The fraction of sp³-hybridized carbons (Fsp3) is 0.333. The second kappa shape index (κ2) is 7.64. The number of Topliss-reactive ketones (excluding diaryl/α,β-unsaturated/α-hetero) is 1. The van der Waals surface area contributed by atoms with E-state index in [0.717, 1.165) is 4.90 Å². The zero-order chi connectivity index (χ0) is 15.2. The van der Waals surface area contributed by atoms with Crippen molar-refractivity contribution in [2.24, 2.45) is 0 Å². The van der Waals surface area contributed by atoms with E-state index in [1.165, 1.54) is 23.5 Å². The van der Waals surface area contributed by atoms with E-state index in [9.17, 15) is 4.79 Å². The van der Waals surface area contributed by atoms with Crippen molar-refractivity contribution in [2.45, 2.75) is 18.4 Å². The van der Waals surface area contributed by atoms with Gasteiger partial charge in [-0.3, -0.25) is 9.48 Å². The Balaban J connectivity index is 2.02. The summed E-state index contributed by atoms with van der Waals surface area (Å²) in [5.41, 5.74) is 1.65. The minimum atomic E-state index is -0.0285. The monoisotopic (exact) mass is 324 g/mol. The molecule has 0 saturated carbocycles. The quantitative estimate of drug-likeness (QED) is 0.578. The van der Waals surface area contributed by atoms with E-state index in [0.29, 0.717) is 29.6 Å². The van der Waals surface area contributed by atoms with E-state index in [2.05, 4.69) is 5.10 Å². The Bertz CT molecular complexity index is 611. The lowest BCUT2D eigenvalue weighted by Gasteiger charge is -2.07. The summed E-state index contributed by atoms with van der Waals surface area (Å²) in [6, 6.07) is 8.08. The van der Waals surface area contributed by atoms with Crippen molar-refractivity contribution in [2.75, 3.05) is 19.5 Å². The molecule has 0 aliphatic rings. The number of ketones is 1. The number of rotatable bonds is 7. The van der Waals surface area contributed by atoms with Crippen LogP contribution in [0.3, 0.4) is 0 Å². The molecule has 0 N–H and O–H groups in total. The molecule has 1 aromatic carbocycles. The van der Waals surface area contributed by atoms with Crippen molar-refractivity contribution < 1.29 is 9.53 Å². The SMILES string of the molecule is COCCn1ncc(Cl)c1C(=O)CSc1ccc(C)cc1. The van der Waals surface area contributed by atoms with Gasteiger partial charge >= 0.3 is 0 Å². The summed E-state index contributed by atoms with van der Waals surface area (Å²) in [5.74, 6) is 0.306. The van der Waals surface area contributed by atoms with Crippen LogP contribution in [-0.2, 0) is 11.3 Å². The summed E-state index contributed by atoms with van der Waals surface area (Å²) in [6.45, 7) is 3.04. The molecule has 0 unspecified atom stereocenters. The molecule has 0 radical (unpaired) electrons. The molecular formula is C15H17ClN2O2S. The van der Waals surface area contributed by atoms with Gasteiger partial charge < -0.3 is 4.74 Å². The first kappa shape index (κ1) is 16.1. The maximum Gasteiger partial charge on any atom is 0.192 e. The Morgan fingerprint density at radius 1 is 1.38 bits per heavy atom. The molecule has 2 aromatic rings. The first-order chi connectivity index (χ1) is 10.1. The molecule has 2 rings (SSSR count).